The Hall–Kier alpha value is -3.23. The van der Waals surface area contributed by atoms with Crippen LogP contribution in [0.25, 0.3) is 10.9 Å². The van der Waals surface area contributed by atoms with Crippen molar-refractivity contribution in [2.24, 2.45) is 0 Å². The Labute approximate surface area is 208 Å². The zero-order valence-corrected chi connectivity index (χ0v) is 21.2. The lowest BCUT2D eigenvalue weighted by Crippen LogP contribution is -2.15. The van der Waals surface area contributed by atoms with Crippen LogP contribution in [0.15, 0.2) is 53.6 Å². The van der Waals surface area contributed by atoms with Crippen LogP contribution in [0.4, 0.5) is 0 Å². The maximum Gasteiger partial charge on any atom is 0.268 e. The standard InChI is InChI=1S/C26H24ClN3O4S/c1-15-10-16(2)26(17(3)11-15)35(32,33)30-14-21(24(31)13-27)20-7-6-19(12-23(20)30)34-25-9-8-22(28-29-25)18-4-5-18/h6-12,14,18H,4-5,13H2,1-3H3. The number of ketones is 1. The number of benzene rings is 2. The molecule has 7 nitrogen and oxygen atoms in total. The molecule has 180 valence electrons. The van der Waals surface area contributed by atoms with Crippen LogP contribution in [0.5, 0.6) is 11.6 Å². The highest BCUT2D eigenvalue weighted by atomic mass is 35.5. The van der Waals surface area contributed by atoms with Crippen molar-refractivity contribution in [1.82, 2.24) is 14.2 Å². The van der Waals surface area contributed by atoms with Gasteiger partial charge in [-0.15, -0.1) is 16.7 Å². The summed E-state index contributed by atoms with van der Waals surface area (Å²) in [4.78, 5) is 12.8. The van der Waals surface area contributed by atoms with Crippen LogP contribution < -0.4 is 4.74 Å². The van der Waals surface area contributed by atoms with Crippen molar-refractivity contribution < 1.29 is 17.9 Å². The summed E-state index contributed by atoms with van der Waals surface area (Å²) < 4.78 is 34.7. The lowest BCUT2D eigenvalue weighted by atomic mass is 10.1. The molecule has 2 aromatic heterocycles. The van der Waals surface area contributed by atoms with E-state index < -0.39 is 10.0 Å². The number of halogens is 1. The number of ether oxygens (including phenoxy) is 1. The number of aryl methyl sites for hydroxylation is 3. The first kappa shape index (κ1) is 23.5. The van der Waals surface area contributed by atoms with E-state index in [1.807, 2.05) is 25.1 Å². The Morgan fingerprint density at radius 1 is 1.06 bits per heavy atom. The van der Waals surface area contributed by atoms with Gasteiger partial charge in [-0.2, -0.15) is 5.10 Å². The van der Waals surface area contributed by atoms with Crippen LogP contribution in [0.3, 0.4) is 0 Å². The molecule has 5 rings (SSSR count). The van der Waals surface area contributed by atoms with Crippen molar-refractivity contribution in [3.63, 3.8) is 0 Å². The second-order valence-electron chi connectivity index (χ2n) is 8.98. The van der Waals surface area contributed by atoms with E-state index in [2.05, 4.69) is 10.2 Å². The first-order chi connectivity index (χ1) is 16.7. The molecule has 2 aromatic carbocycles. The molecule has 0 amide bonds. The predicted octanol–water partition coefficient (Wildman–Crippen LogP) is 5.68. The summed E-state index contributed by atoms with van der Waals surface area (Å²) in [6.45, 7) is 5.45. The smallest absolute Gasteiger partial charge is 0.268 e. The molecule has 1 aliphatic rings. The second kappa shape index (κ2) is 8.77. The first-order valence-corrected chi connectivity index (χ1v) is 13.3. The maximum atomic E-state index is 13.9. The average molecular weight is 510 g/mol. The van der Waals surface area contributed by atoms with Crippen LogP contribution in [-0.4, -0.2) is 34.3 Å². The number of carbonyl (C=O) groups is 1. The molecular weight excluding hydrogens is 486 g/mol. The van der Waals surface area contributed by atoms with Crippen molar-refractivity contribution in [3.8, 4) is 11.6 Å². The molecule has 9 heteroatoms. The monoisotopic (exact) mass is 509 g/mol. The zero-order valence-electron chi connectivity index (χ0n) is 19.6. The zero-order chi connectivity index (χ0) is 24.9. The second-order valence-corrected chi connectivity index (χ2v) is 11.0. The van der Waals surface area contributed by atoms with Gasteiger partial charge in [-0.05, 0) is 62.9 Å². The third-order valence-corrected chi connectivity index (χ3v) is 8.39. The van der Waals surface area contributed by atoms with Crippen LogP contribution in [0, 0.1) is 20.8 Å². The van der Waals surface area contributed by atoms with Crippen LogP contribution >= 0.6 is 11.6 Å². The van der Waals surface area contributed by atoms with Gasteiger partial charge < -0.3 is 4.74 Å². The lowest BCUT2D eigenvalue weighted by Gasteiger charge is -2.14. The van der Waals surface area contributed by atoms with E-state index in [4.69, 9.17) is 16.3 Å². The molecule has 0 atom stereocenters. The van der Waals surface area contributed by atoms with Crippen molar-refractivity contribution in [2.45, 2.75) is 44.4 Å². The number of fused-ring (bicyclic) bond motifs is 1. The first-order valence-electron chi connectivity index (χ1n) is 11.3. The molecular formula is C26H24ClN3O4S. The molecule has 0 N–H and O–H groups in total. The van der Waals surface area contributed by atoms with E-state index in [0.717, 1.165) is 28.1 Å². The highest BCUT2D eigenvalue weighted by molar-refractivity contribution is 7.90. The minimum Gasteiger partial charge on any atom is -0.437 e. The maximum absolute atomic E-state index is 13.9. The minimum atomic E-state index is -4.02. The number of nitrogens with zero attached hydrogens (tertiary/aromatic N) is 3. The predicted molar refractivity (Wildman–Crippen MR) is 134 cm³/mol. The summed E-state index contributed by atoms with van der Waals surface area (Å²) in [7, 11) is -4.02. The van der Waals surface area contributed by atoms with Gasteiger partial charge in [0.1, 0.15) is 5.75 Å². The van der Waals surface area contributed by atoms with Gasteiger partial charge in [-0.25, -0.2) is 12.4 Å². The Bertz CT molecular complexity index is 1550. The number of aromatic nitrogens is 3. The van der Waals surface area contributed by atoms with Crippen LogP contribution in [-0.2, 0) is 10.0 Å². The molecule has 0 spiro atoms. The van der Waals surface area contributed by atoms with Crippen molar-refractivity contribution >= 4 is 38.3 Å². The summed E-state index contributed by atoms with van der Waals surface area (Å²) >= 11 is 5.83. The Balaban J connectivity index is 1.63. The van der Waals surface area contributed by atoms with Gasteiger partial charge in [0.05, 0.1) is 22.0 Å². The number of alkyl halides is 1. The van der Waals surface area contributed by atoms with E-state index in [1.165, 1.54) is 6.20 Å². The van der Waals surface area contributed by atoms with Gasteiger partial charge in [0.15, 0.2) is 5.78 Å². The van der Waals surface area contributed by atoms with Gasteiger partial charge in [0.2, 0.25) is 5.88 Å². The largest absolute Gasteiger partial charge is 0.437 e. The van der Waals surface area contributed by atoms with E-state index in [1.54, 1.807) is 38.1 Å². The highest BCUT2D eigenvalue weighted by Crippen LogP contribution is 2.39. The molecule has 0 aliphatic heterocycles. The fourth-order valence-corrected chi connectivity index (χ4v) is 6.44. The molecule has 35 heavy (non-hydrogen) atoms. The third kappa shape index (κ3) is 4.32. The van der Waals surface area contributed by atoms with E-state index in [-0.39, 0.29) is 22.1 Å². The number of hydrogen-bond donors (Lipinski definition) is 0. The molecule has 1 aliphatic carbocycles. The van der Waals surface area contributed by atoms with Gasteiger partial charge in [-0.3, -0.25) is 4.79 Å². The quantitative estimate of drug-likeness (QED) is 0.235. The fourth-order valence-electron chi connectivity index (χ4n) is 4.51. The summed E-state index contributed by atoms with van der Waals surface area (Å²) in [6, 6.07) is 12.2. The molecule has 0 bridgehead atoms. The summed E-state index contributed by atoms with van der Waals surface area (Å²) in [5, 5.41) is 8.84. The number of rotatable bonds is 7. The summed E-state index contributed by atoms with van der Waals surface area (Å²) in [6.07, 6.45) is 3.60. The number of carbonyl (C=O) groups excluding carboxylic acids is 1. The third-order valence-electron chi connectivity index (χ3n) is 6.17. The van der Waals surface area contributed by atoms with Crippen molar-refractivity contribution in [2.75, 3.05) is 5.88 Å². The van der Waals surface area contributed by atoms with Crippen molar-refractivity contribution in [3.05, 3.63) is 76.6 Å². The van der Waals surface area contributed by atoms with Crippen molar-refractivity contribution in [1.29, 1.82) is 0 Å². The molecule has 1 fully saturated rings. The molecule has 1 saturated carbocycles. The summed E-state index contributed by atoms with van der Waals surface area (Å²) in [5.41, 5.74) is 3.74. The Morgan fingerprint density at radius 3 is 2.37 bits per heavy atom. The minimum absolute atomic E-state index is 0.206. The Kier molecular flexibility index (Phi) is 5.89. The molecule has 2 heterocycles. The van der Waals surface area contributed by atoms with Gasteiger partial charge >= 0.3 is 0 Å². The molecule has 0 saturated heterocycles. The lowest BCUT2D eigenvalue weighted by molar-refractivity contribution is 0.102. The van der Waals surface area contributed by atoms with E-state index in [9.17, 15) is 13.2 Å². The van der Waals surface area contributed by atoms with Gasteiger partial charge in [-0.1, -0.05) is 17.7 Å². The van der Waals surface area contributed by atoms with Gasteiger partial charge in [0, 0.05) is 35.2 Å². The summed E-state index contributed by atoms with van der Waals surface area (Å²) in [5.74, 6) is 0.536. The topological polar surface area (TPSA) is 91.2 Å². The average Bonchev–Trinajstić information content (AvgIpc) is 3.58. The normalized spacial score (nSPS) is 13.8. The van der Waals surface area contributed by atoms with Gasteiger partial charge in [0.25, 0.3) is 10.0 Å². The molecule has 0 unspecified atom stereocenters. The fraction of sp³-hybridized carbons (Fsp3) is 0.269. The van der Waals surface area contributed by atoms with Crippen LogP contribution in [0.1, 0.15) is 51.5 Å². The SMILES string of the molecule is Cc1cc(C)c(S(=O)(=O)n2cc(C(=O)CCl)c3ccc(Oc4ccc(C5CC5)nn4)cc32)c(C)c1. The molecule has 0 radical (unpaired) electrons. The number of Topliss-reactive ketones (excluding diaryl/α,β-unsaturated/α-hetero) is 1. The van der Waals surface area contributed by atoms with E-state index >= 15 is 0 Å². The van der Waals surface area contributed by atoms with E-state index in [0.29, 0.717) is 39.6 Å². The molecule has 4 aromatic rings. The Morgan fingerprint density at radius 2 is 1.77 bits per heavy atom. The van der Waals surface area contributed by atoms with Crippen LogP contribution in [0.2, 0.25) is 0 Å². The highest BCUT2D eigenvalue weighted by Gasteiger charge is 2.27. The number of hydrogen-bond acceptors (Lipinski definition) is 6.